The smallest absolute Gasteiger partial charge is 0.0241 e. The molecule has 0 amide bonds. The summed E-state index contributed by atoms with van der Waals surface area (Å²) >= 11 is 0. The minimum Gasteiger partial charge on any atom is -0.0683 e. The molecule has 20 atom stereocenters. The molecule has 21 rings (SSSR count). The molecule has 0 spiro atoms. The maximum Gasteiger partial charge on any atom is -0.0241 e. The molecule has 0 aromatic heterocycles. The third-order valence-corrected chi connectivity index (χ3v) is 35.7. The lowest BCUT2D eigenvalue weighted by atomic mass is 9.43. The topological polar surface area (TPSA) is 0 Å². The molecular formula is C94H166. The fraction of sp³-hybridized carbons (Fsp3) is 1.00. The van der Waals surface area contributed by atoms with E-state index in [4.69, 9.17) is 0 Å². The van der Waals surface area contributed by atoms with E-state index in [0.29, 0.717) is 37.9 Å². The van der Waals surface area contributed by atoms with E-state index in [1.165, 1.54) is 87.9 Å². The second-order valence-electron chi connectivity index (χ2n) is 46.9. The molecule has 0 heteroatoms. The monoisotopic (exact) mass is 1300 g/mol. The van der Waals surface area contributed by atoms with Crippen LogP contribution in [-0.4, -0.2) is 0 Å². The molecule has 21 saturated carbocycles. The predicted octanol–water partition coefficient (Wildman–Crippen LogP) is 28.8. The minimum atomic E-state index is 0.559. The maximum absolute atomic E-state index is 2.53. The Labute approximate surface area is 589 Å². The van der Waals surface area contributed by atoms with Gasteiger partial charge in [0.1, 0.15) is 0 Å². The third-order valence-electron chi connectivity index (χ3n) is 35.7. The van der Waals surface area contributed by atoms with Crippen LogP contribution in [0.1, 0.15) is 383 Å². The number of rotatable bonds is 0. The van der Waals surface area contributed by atoms with Crippen LogP contribution in [0.25, 0.3) is 0 Å². The molecule has 94 heavy (non-hydrogen) atoms. The number of hydrogen-bond donors (Lipinski definition) is 0. The lowest BCUT2D eigenvalue weighted by Crippen LogP contribution is -2.51. The number of fused-ring (bicyclic) bond motifs is 21. The molecule has 18 bridgehead atoms. The van der Waals surface area contributed by atoms with E-state index >= 15 is 0 Å². The highest BCUT2D eigenvalue weighted by atomic mass is 14.7. The fourth-order valence-electron chi connectivity index (χ4n) is 31.6. The largest absolute Gasteiger partial charge is 0.0683 e. The summed E-state index contributed by atoms with van der Waals surface area (Å²) in [6, 6.07) is 0. The van der Waals surface area contributed by atoms with Crippen molar-refractivity contribution in [2.75, 3.05) is 0 Å². The molecule has 0 aromatic rings. The molecule has 0 nitrogen and oxygen atoms in total. The van der Waals surface area contributed by atoms with Crippen LogP contribution >= 0.6 is 0 Å². The molecule has 21 fully saturated rings. The maximum atomic E-state index is 2.53. The van der Waals surface area contributed by atoms with Crippen molar-refractivity contribution < 1.29 is 0 Å². The Balaban J connectivity index is 0.000000105. The van der Waals surface area contributed by atoms with Gasteiger partial charge in [-0.1, -0.05) is 197 Å². The van der Waals surface area contributed by atoms with Crippen LogP contribution in [-0.2, 0) is 0 Å². The minimum absolute atomic E-state index is 0.559. The first-order valence-electron chi connectivity index (χ1n) is 44.0. The van der Waals surface area contributed by atoms with Crippen LogP contribution in [0.4, 0.5) is 0 Å². The highest BCUT2D eigenvalue weighted by Crippen LogP contribution is 2.72. The van der Waals surface area contributed by atoms with Gasteiger partial charge in [-0.15, -0.1) is 0 Å². The van der Waals surface area contributed by atoms with Gasteiger partial charge in [-0.2, -0.15) is 0 Å². The lowest BCUT2D eigenvalue weighted by Gasteiger charge is -2.62. The molecule has 0 aromatic carbocycles. The van der Waals surface area contributed by atoms with Crippen molar-refractivity contribution in [2.24, 2.45) is 209 Å². The zero-order chi connectivity index (χ0) is 67.6. The van der Waals surface area contributed by atoms with Gasteiger partial charge in [0, 0.05) is 0 Å². The van der Waals surface area contributed by atoms with E-state index in [2.05, 4.69) is 138 Å². The van der Waals surface area contributed by atoms with Crippen LogP contribution < -0.4 is 0 Å². The fourth-order valence-corrected chi connectivity index (χ4v) is 31.6. The first-order valence-corrected chi connectivity index (χ1v) is 44.0. The van der Waals surface area contributed by atoms with Crippen molar-refractivity contribution >= 4 is 0 Å². The van der Waals surface area contributed by atoms with Crippen LogP contribution in [0.5, 0.6) is 0 Å². The molecule has 21 aliphatic carbocycles. The van der Waals surface area contributed by atoms with Crippen molar-refractivity contribution in [3.05, 3.63) is 0 Å². The van der Waals surface area contributed by atoms with E-state index in [1.54, 1.807) is 167 Å². The van der Waals surface area contributed by atoms with Gasteiger partial charge in [-0.25, -0.2) is 0 Å². The van der Waals surface area contributed by atoms with Gasteiger partial charge in [0.2, 0.25) is 0 Å². The molecule has 0 saturated heterocycles. The van der Waals surface area contributed by atoms with E-state index in [0.717, 1.165) is 147 Å². The van der Waals surface area contributed by atoms with Crippen LogP contribution in [0.2, 0.25) is 0 Å². The predicted molar refractivity (Wildman–Crippen MR) is 408 cm³/mol. The molecule has 0 heterocycles. The number of hydrogen-bond acceptors (Lipinski definition) is 0. The Hall–Kier alpha value is 0. The first-order chi connectivity index (χ1) is 44.0. The molecule has 20 unspecified atom stereocenters. The van der Waals surface area contributed by atoms with E-state index in [1.807, 2.05) is 13.8 Å². The SMILES string of the molecule is CC.CC(C)(C)C12CC3CC(CC(C3)C1)C2.CC(C)(C)C1CC2CC1C1C3CCC(C3)C21.CC(C)(C)C1CC2CC1C1CCCC21.CC(C)(C)C1CC2CC1C1CCCCC21.CC(C)(C)C1CC2CCC1C2.CC(C)(C)C1CCCCC1.CC1(C)C2CC3CC(C2)CC1C3. The van der Waals surface area contributed by atoms with E-state index in [9.17, 15) is 0 Å². The van der Waals surface area contributed by atoms with Gasteiger partial charge in [0.15, 0.2) is 0 Å². The second-order valence-corrected chi connectivity index (χ2v) is 46.9. The lowest BCUT2D eigenvalue weighted by molar-refractivity contribution is -0.113. The zero-order valence-electron chi connectivity index (χ0n) is 67.6. The Morgan fingerprint density at radius 2 is 0.638 bits per heavy atom. The molecular weight excluding hydrogens is 1130 g/mol. The Bertz CT molecular complexity index is 2350. The van der Waals surface area contributed by atoms with E-state index < -0.39 is 0 Å². The summed E-state index contributed by atoms with van der Waals surface area (Å²) in [7, 11) is 0. The molecule has 0 aliphatic heterocycles. The normalized spacial score (nSPS) is 47.6. The van der Waals surface area contributed by atoms with Crippen molar-refractivity contribution in [1.82, 2.24) is 0 Å². The summed E-state index contributed by atoms with van der Waals surface area (Å²) in [4.78, 5) is 0. The van der Waals surface area contributed by atoms with Gasteiger partial charge in [0.25, 0.3) is 0 Å². The summed E-state index contributed by atoms with van der Waals surface area (Å²) in [6.45, 7) is 53.1. The van der Waals surface area contributed by atoms with Crippen molar-refractivity contribution in [1.29, 1.82) is 0 Å². The highest BCUT2D eigenvalue weighted by molar-refractivity contribution is 5.13. The van der Waals surface area contributed by atoms with Gasteiger partial charge < -0.3 is 0 Å². The average molecular weight is 1300 g/mol. The molecule has 21 aliphatic rings. The first kappa shape index (κ1) is 73.7. The summed E-state index contributed by atoms with van der Waals surface area (Å²) in [5, 5.41) is 0. The van der Waals surface area contributed by atoms with Gasteiger partial charge in [-0.3, -0.25) is 0 Å². The van der Waals surface area contributed by atoms with Crippen molar-refractivity contribution in [3.8, 4) is 0 Å². The zero-order valence-corrected chi connectivity index (χ0v) is 67.6. The second kappa shape index (κ2) is 27.9. The summed E-state index contributed by atoms with van der Waals surface area (Å²) in [6.07, 6.45) is 56.0. The Morgan fingerprint density at radius 3 is 1.05 bits per heavy atom. The van der Waals surface area contributed by atoms with Gasteiger partial charge in [-0.05, 0) is 395 Å². The summed E-state index contributed by atoms with van der Waals surface area (Å²) < 4.78 is 0. The van der Waals surface area contributed by atoms with Crippen LogP contribution in [0.3, 0.4) is 0 Å². The molecule has 0 N–H and O–H groups in total. The summed E-state index contributed by atoms with van der Waals surface area (Å²) in [5.41, 5.74) is 4.87. The Kier molecular flexibility index (Phi) is 21.9. The van der Waals surface area contributed by atoms with Crippen molar-refractivity contribution in [2.45, 2.75) is 383 Å². The molecule has 542 valence electrons. The highest BCUT2D eigenvalue weighted by Gasteiger charge is 2.64. The standard InChI is InChI=1S/C16H26.C15H26.2C14H24.C12H20.C11H20.C10H20.C2H6/c1-16(2,3)13-8-11-7-12(13)15-10-5-4-9(6-10)14(11)15;1-15(2,3)14-9-10-8-13(14)12-7-5-4-6-11(10)12;1-13(2,3)14-7-10-4-11(8-14)6-12(5-10)9-14;1-14(2,3)13-8-9-7-12(13)11-6-4-5-10(9)11;1-12(2)10-4-8-3-9(6-10)7-11(12)5-8;1-11(2,3)10-7-8-4-5-9(10)6-8;1-10(2,3)9-7-5-4-6-8-9;1-2/h9-15H,4-8H2,1-3H3;10-14H,4-9H2,1-3H3;10-12H,4-9H2,1-3H3;9-13H,4-8H2,1-3H3;8-11H,3-7H2,1-2H3;8-10H,4-7H2,1-3H3;9H,4-8H2,1-3H3;1-2H3. The van der Waals surface area contributed by atoms with E-state index in [-0.39, 0.29) is 0 Å². The average Bonchev–Trinajstić information content (AvgIpc) is 1.40. The Morgan fingerprint density at radius 1 is 0.245 bits per heavy atom. The van der Waals surface area contributed by atoms with Gasteiger partial charge >= 0.3 is 0 Å². The third kappa shape index (κ3) is 15.0. The quantitative estimate of drug-likeness (QED) is 0.212. The van der Waals surface area contributed by atoms with Crippen LogP contribution in [0, 0.1) is 209 Å². The van der Waals surface area contributed by atoms with Gasteiger partial charge in [0.05, 0.1) is 0 Å². The van der Waals surface area contributed by atoms with Crippen LogP contribution in [0.15, 0.2) is 0 Å². The molecule has 0 radical (unpaired) electrons. The summed E-state index contributed by atoms with van der Waals surface area (Å²) in [5.74, 6) is 31.3. The van der Waals surface area contributed by atoms with Crippen molar-refractivity contribution in [3.63, 3.8) is 0 Å².